The third-order valence-electron chi connectivity index (χ3n) is 4.93. The molecule has 1 heterocycles. The monoisotopic (exact) mass is 441 g/mol. The number of nitrogens with zero attached hydrogens (tertiary/aromatic N) is 3. The lowest BCUT2D eigenvalue weighted by Gasteiger charge is -2.06. The molecule has 2 N–H and O–H groups in total. The molecule has 0 radical (unpaired) electrons. The van der Waals surface area contributed by atoms with Gasteiger partial charge in [-0.1, -0.05) is 60.7 Å². The molecule has 2 amide bonds. The van der Waals surface area contributed by atoms with E-state index in [4.69, 9.17) is 4.74 Å². The molecule has 8 heteroatoms. The number of methoxy groups -OCH3 is 1. The average Bonchev–Trinajstić information content (AvgIpc) is 3.33. The van der Waals surface area contributed by atoms with E-state index in [2.05, 4.69) is 20.9 Å². The van der Waals surface area contributed by atoms with Crippen molar-refractivity contribution >= 4 is 11.8 Å². The van der Waals surface area contributed by atoms with Crippen LogP contribution in [0.3, 0.4) is 0 Å². The van der Waals surface area contributed by atoms with Crippen LogP contribution in [0.25, 0.3) is 17.1 Å². The number of aromatic nitrogens is 3. The standard InChI is InChI=1S/C25H23N5O3/c1-33-21-14-8-9-18(17-21)15-16-22(31)27-28-25(32)23-26-24(19-10-4-2-5-11-19)30(29-23)20-12-6-3-7-13-20/h2-14,17H,15-16H2,1H3,(H,27,31)(H,28,32). The Labute approximate surface area is 191 Å². The number of para-hydroxylation sites is 1. The lowest BCUT2D eigenvalue weighted by atomic mass is 10.1. The minimum Gasteiger partial charge on any atom is -0.497 e. The molecule has 0 unspecified atom stereocenters. The number of ether oxygens (including phenoxy) is 1. The van der Waals surface area contributed by atoms with Gasteiger partial charge in [-0.05, 0) is 36.2 Å². The zero-order valence-corrected chi connectivity index (χ0v) is 18.1. The average molecular weight is 441 g/mol. The van der Waals surface area contributed by atoms with Gasteiger partial charge >= 0.3 is 5.91 Å². The van der Waals surface area contributed by atoms with Crippen molar-refractivity contribution in [1.29, 1.82) is 0 Å². The van der Waals surface area contributed by atoms with Crippen LogP contribution in [0.1, 0.15) is 22.6 Å². The van der Waals surface area contributed by atoms with Crippen molar-refractivity contribution in [3.8, 4) is 22.8 Å². The zero-order chi connectivity index (χ0) is 23.0. The van der Waals surface area contributed by atoms with Gasteiger partial charge in [-0.2, -0.15) is 0 Å². The minimum atomic E-state index is -0.600. The normalized spacial score (nSPS) is 10.5. The second-order valence-corrected chi connectivity index (χ2v) is 7.23. The van der Waals surface area contributed by atoms with Gasteiger partial charge in [0.1, 0.15) is 5.75 Å². The van der Waals surface area contributed by atoms with E-state index in [0.29, 0.717) is 12.2 Å². The Kier molecular flexibility index (Phi) is 6.75. The molecule has 0 aliphatic carbocycles. The Morgan fingerprint density at radius 1 is 0.909 bits per heavy atom. The summed E-state index contributed by atoms with van der Waals surface area (Å²) in [6.45, 7) is 0. The summed E-state index contributed by atoms with van der Waals surface area (Å²) in [6.07, 6.45) is 0.715. The number of benzene rings is 3. The second-order valence-electron chi connectivity index (χ2n) is 7.23. The van der Waals surface area contributed by atoms with Gasteiger partial charge in [-0.3, -0.25) is 20.4 Å². The van der Waals surface area contributed by atoms with Crippen molar-refractivity contribution in [3.05, 3.63) is 96.3 Å². The topological polar surface area (TPSA) is 98.1 Å². The Morgan fingerprint density at radius 3 is 2.36 bits per heavy atom. The van der Waals surface area contributed by atoms with E-state index in [1.165, 1.54) is 0 Å². The van der Waals surface area contributed by atoms with E-state index in [0.717, 1.165) is 22.6 Å². The molecule has 166 valence electrons. The van der Waals surface area contributed by atoms with E-state index in [1.54, 1.807) is 11.8 Å². The van der Waals surface area contributed by atoms with E-state index in [1.807, 2.05) is 84.9 Å². The summed E-state index contributed by atoms with van der Waals surface area (Å²) in [5.74, 6) is 0.283. The predicted octanol–water partition coefficient (Wildman–Crippen LogP) is 3.34. The van der Waals surface area contributed by atoms with Crippen LogP contribution in [0.4, 0.5) is 0 Å². The lowest BCUT2D eigenvalue weighted by molar-refractivity contribution is -0.121. The fraction of sp³-hybridized carbons (Fsp3) is 0.120. The van der Waals surface area contributed by atoms with Crippen molar-refractivity contribution in [1.82, 2.24) is 25.6 Å². The predicted molar refractivity (Wildman–Crippen MR) is 124 cm³/mol. The Hall–Kier alpha value is -4.46. The molecule has 0 bridgehead atoms. The van der Waals surface area contributed by atoms with Crippen molar-refractivity contribution in [2.24, 2.45) is 0 Å². The summed E-state index contributed by atoms with van der Waals surface area (Å²) in [6, 6.07) is 26.4. The highest BCUT2D eigenvalue weighted by Gasteiger charge is 2.19. The first-order valence-electron chi connectivity index (χ1n) is 10.4. The van der Waals surface area contributed by atoms with Gasteiger partial charge < -0.3 is 4.74 Å². The quantitative estimate of drug-likeness (QED) is 0.429. The van der Waals surface area contributed by atoms with E-state index in [-0.39, 0.29) is 18.2 Å². The molecule has 0 saturated carbocycles. The summed E-state index contributed by atoms with van der Waals surface area (Å²) in [5.41, 5.74) is 7.38. The highest BCUT2D eigenvalue weighted by Crippen LogP contribution is 2.21. The SMILES string of the molecule is COc1cccc(CCC(=O)NNC(=O)c2nc(-c3ccccc3)n(-c3ccccc3)n2)c1. The molecular formula is C25H23N5O3. The van der Waals surface area contributed by atoms with Crippen molar-refractivity contribution in [2.45, 2.75) is 12.8 Å². The van der Waals surface area contributed by atoms with Crippen LogP contribution in [-0.4, -0.2) is 33.7 Å². The zero-order valence-electron chi connectivity index (χ0n) is 18.1. The van der Waals surface area contributed by atoms with Gasteiger partial charge in [0.2, 0.25) is 11.7 Å². The molecule has 0 aliphatic heterocycles. The molecular weight excluding hydrogens is 418 g/mol. The van der Waals surface area contributed by atoms with Gasteiger partial charge in [-0.25, -0.2) is 9.67 Å². The van der Waals surface area contributed by atoms with Crippen LogP contribution >= 0.6 is 0 Å². The van der Waals surface area contributed by atoms with Crippen LogP contribution in [0.2, 0.25) is 0 Å². The van der Waals surface area contributed by atoms with Gasteiger partial charge in [-0.15, -0.1) is 5.10 Å². The minimum absolute atomic E-state index is 0.0502. The molecule has 4 rings (SSSR count). The number of rotatable bonds is 7. The maximum atomic E-state index is 12.7. The van der Waals surface area contributed by atoms with Gasteiger partial charge in [0.05, 0.1) is 12.8 Å². The first kappa shape index (κ1) is 21.8. The summed E-state index contributed by atoms with van der Waals surface area (Å²) in [5, 5.41) is 4.38. The molecule has 33 heavy (non-hydrogen) atoms. The third kappa shape index (κ3) is 5.43. The Morgan fingerprint density at radius 2 is 1.64 bits per heavy atom. The fourth-order valence-corrected chi connectivity index (χ4v) is 3.26. The number of nitrogens with one attached hydrogen (secondary N) is 2. The van der Waals surface area contributed by atoms with Crippen LogP contribution in [-0.2, 0) is 11.2 Å². The molecule has 3 aromatic carbocycles. The Balaban J connectivity index is 1.43. The first-order chi connectivity index (χ1) is 16.1. The summed E-state index contributed by atoms with van der Waals surface area (Å²) >= 11 is 0. The number of hydrazine groups is 1. The molecule has 0 fully saturated rings. The van der Waals surface area contributed by atoms with Crippen molar-refractivity contribution in [3.63, 3.8) is 0 Å². The molecule has 4 aromatic rings. The van der Waals surface area contributed by atoms with Gasteiger partial charge in [0.15, 0.2) is 5.82 Å². The highest BCUT2D eigenvalue weighted by molar-refractivity contribution is 5.92. The lowest BCUT2D eigenvalue weighted by Crippen LogP contribution is -2.42. The van der Waals surface area contributed by atoms with Crippen LogP contribution in [0, 0.1) is 0 Å². The van der Waals surface area contributed by atoms with E-state index in [9.17, 15) is 9.59 Å². The smallest absolute Gasteiger partial charge is 0.309 e. The van der Waals surface area contributed by atoms with Crippen LogP contribution < -0.4 is 15.6 Å². The van der Waals surface area contributed by atoms with Gasteiger partial charge in [0, 0.05) is 12.0 Å². The molecule has 0 atom stereocenters. The number of amides is 2. The van der Waals surface area contributed by atoms with Crippen molar-refractivity contribution in [2.75, 3.05) is 7.11 Å². The number of carbonyl (C=O) groups excluding carboxylic acids is 2. The molecule has 0 aliphatic rings. The summed E-state index contributed by atoms with van der Waals surface area (Å²) < 4.78 is 6.80. The largest absolute Gasteiger partial charge is 0.497 e. The van der Waals surface area contributed by atoms with E-state index >= 15 is 0 Å². The number of hydrogen-bond donors (Lipinski definition) is 2. The maximum absolute atomic E-state index is 12.7. The number of aryl methyl sites for hydroxylation is 1. The summed E-state index contributed by atoms with van der Waals surface area (Å²) in [4.78, 5) is 29.3. The fourth-order valence-electron chi connectivity index (χ4n) is 3.26. The van der Waals surface area contributed by atoms with Gasteiger partial charge in [0.25, 0.3) is 0 Å². The van der Waals surface area contributed by atoms with E-state index < -0.39 is 5.91 Å². The maximum Gasteiger partial charge on any atom is 0.309 e. The second kappa shape index (κ2) is 10.2. The number of hydrogen-bond acceptors (Lipinski definition) is 5. The molecule has 1 aromatic heterocycles. The molecule has 8 nitrogen and oxygen atoms in total. The third-order valence-corrected chi connectivity index (χ3v) is 4.93. The van der Waals surface area contributed by atoms with Crippen LogP contribution in [0.15, 0.2) is 84.9 Å². The summed E-state index contributed by atoms with van der Waals surface area (Å²) in [7, 11) is 1.59. The molecule has 0 spiro atoms. The first-order valence-corrected chi connectivity index (χ1v) is 10.4. The number of carbonyl (C=O) groups is 2. The van der Waals surface area contributed by atoms with Crippen LogP contribution in [0.5, 0.6) is 5.75 Å². The van der Waals surface area contributed by atoms with Crippen molar-refractivity contribution < 1.29 is 14.3 Å². The highest BCUT2D eigenvalue weighted by atomic mass is 16.5. The Bertz CT molecular complexity index is 1180. The molecule has 0 saturated heterocycles.